The number of anilines is 1. The molecule has 1 N–H and O–H groups in total. The number of carbonyl (C=O) groups excluding carboxylic acids is 1. The highest BCUT2D eigenvalue weighted by Gasteiger charge is 2.38. The smallest absolute Gasteiger partial charge is 0.255 e. The van der Waals surface area contributed by atoms with E-state index in [2.05, 4.69) is 5.32 Å². The fourth-order valence-corrected chi connectivity index (χ4v) is 7.25. The molecule has 1 heterocycles. The Kier molecular flexibility index (Phi) is 5.04. The minimum atomic E-state index is -3.84. The maximum atomic E-state index is 12.7. The van der Waals surface area contributed by atoms with Crippen LogP contribution in [0.5, 0.6) is 0 Å². The van der Waals surface area contributed by atoms with Crippen molar-refractivity contribution in [3.8, 4) is 6.07 Å². The molecule has 0 aliphatic carbocycles. The molecule has 1 aliphatic heterocycles. The standard InChI is InChI=1S/C18H16N2O5S2/c19-11-13-4-6-15(7-5-13)20-18(21)14-2-1-3-16(10-14)27(24,25)17-8-9-26(22,23)12-17/h1-7,10,17H,8-9,12H2,(H,20,21)/t17-/m0/s1. The molecular formula is C18H16N2O5S2. The van der Waals surface area contributed by atoms with Crippen molar-refractivity contribution in [2.24, 2.45) is 0 Å². The highest BCUT2D eigenvalue weighted by molar-refractivity contribution is 7.96. The van der Waals surface area contributed by atoms with E-state index in [4.69, 9.17) is 5.26 Å². The summed E-state index contributed by atoms with van der Waals surface area (Å²) in [6.07, 6.45) is 0.0618. The lowest BCUT2D eigenvalue weighted by Gasteiger charge is -2.11. The van der Waals surface area contributed by atoms with Crippen molar-refractivity contribution in [1.82, 2.24) is 0 Å². The van der Waals surface area contributed by atoms with E-state index >= 15 is 0 Å². The van der Waals surface area contributed by atoms with Gasteiger partial charge in [-0.25, -0.2) is 16.8 Å². The van der Waals surface area contributed by atoms with Gasteiger partial charge in [0.05, 0.1) is 33.3 Å². The van der Waals surface area contributed by atoms with Crippen molar-refractivity contribution in [3.63, 3.8) is 0 Å². The summed E-state index contributed by atoms with van der Waals surface area (Å²) in [6.45, 7) is 0. The number of nitrogens with one attached hydrogen (secondary N) is 1. The number of carbonyl (C=O) groups is 1. The first-order valence-electron chi connectivity index (χ1n) is 8.07. The van der Waals surface area contributed by atoms with Gasteiger partial charge in [0.15, 0.2) is 19.7 Å². The van der Waals surface area contributed by atoms with Crippen LogP contribution >= 0.6 is 0 Å². The molecule has 0 unspecified atom stereocenters. The number of benzene rings is 2. The normalized spacial score (nSPS) is 18.6. The lowest BCUT2D eigenvalue weighted by molar-refractivity contribution is 0.102. The van der Waals surface area contributed by atoms with E-state index in [1.54, 1.807) is 24.3 Å². The Balaban J connectivity index is 1.82. The van der Waals surface area contributed by atoms with E-state index in [1.165, 1.54) is 24.3 Å². The quantitative estimate of drug-likeness (QED) is 0.829. The summed E-state index contributed by atoms with van der Waals surface area (Å²) in [6, 6.07) is 13.8. The van der Waals surface area contributed by atoms with Crippen LogP contribution in [-0.4, -0.2) is 39.5 Å². The van der Waals surface area contributed by atoms with E-state index in [-0.39, 0.29) is 22.6 Å². The lowest BCUT2D eigenvalue weighted by Crippen LogP contribution is -2.23. The van der Waals surface area contributed by atoms with E-state index in [0.717, 1.165) is 0 Å². The molecule has 27 heavy (non-hydrogen) atoms. The second-order valence-corrected chi connectivity index (χ2v) is 10.7. The van der Waals surface area contributed by atoms with Crippen LogP contribution < -0.4 is 5.32 Å². The van der Waals surface area contributed by atoms with Crippen LogP contribution in [0.15, 0.2) is 53.4 Å². The van der Waals surface area contributed by atoms with Gasteiger partial charge in [0.2, 0.25) is 0 Å². The summed E-state index contributed by atoms with van der Waals surface area (Å²) in [5, 5.41) is 10.4. The second-order valence-electron chi connectivity index (χ2n) is 6.24. The molecular weight excluding hydrogens is 388 g/mol. The molecule has 0 aromatic heterocycles. The molecule has 140 valence electrons. The number of nitrogens with zero attached hydrogens (tertiary/aromatic N) is 1. The fraction of sp³-hybridized carbons (Fsp3) is 0.222. The first-order valence-corrected chi connectivity index (χ1v) is 11.4. The maximum Gasteiger partial charge on any atom is 0.255 e. The third-order valence-electron chi connectivity index (χ3n) is 4.33. The molecule has 1 fully saturated rings. The van der Waals surface area contributed by atoms with Crippen LogP contribution in [0.2, 0.25) is 0 Å². The Morgan fingerprint density at radius 2 is 1.85 bits per heavy atom. The van der Waals surface area contributed by atoms with Crippen molar-refractivity contribution in [3.05, 3.63) is 59.7 Å². The van der Waals surface area contributed by atoms with Gasteiger partial charge in [-0.05, 0) is 48.9 Å². The zero-order valence-electron chi connectivity index (χ0n) is 14.1. The molecule has 0 radical (unpaired) electrons. The molecule has 1 saturated heterocycles. The summed E-state index contributed by atoms with van der Waals surface area (Å²) >= 11 is 0. The van der Waals surface area contributed by atoms with Gasteiger partial charge in [-0.15, -0.1) is 0 Å². The van der Waals surface area contributed by atoms with E-state index in [9.17, 15) is 21.6 Å². The molecule has 2 aromatic carbocycles. The first-order chi connectivity index (χ1) is 12.7. The van der Waals surface area contributed by atoms with Gasteiger partial charge >= 0.3 is 0 Å². The van der Waals surface area contributed by atoms with E-state index < -0.39 is 36.6 Å². The van der Waals surface area contributed by atoms with Crippen molar-refractivity contribution in [1.29, 1.82) is 5.26 Å². The molecule has 0 saturated carbocycles. The van der Waals surface area contributed by atoms with Crippen molar-refractivity contribution < 1.29 is 21.6 Å². The van der Waals surface area contributed by atoms with Gasteiger partial charge in [-0.2, -0.15) is 5.26 Å². The summed E-state index contributed by atoms with van der Waals surface area (Å²) in [4.78, 5) is 12.3. The number of hydrogen-bond donors (Lipinski definition) is 1. The molecule has 1 aliphatic rings. The van der Waals surface area contributed by atoms with Gasteiger partial charge in [-0.1, -0.05) is 6.07 Å². The highest BCUT2D eigenvalue weighted by Crippen LogP contribution is 2.26. The van der Waals surface area contributed by atoms with E-state index in [0.29, 0.717) is 11.3 Å². The van der Waals surface area contributed by atoms with Crippen molar-refractivity contribution in [2.75, 3.05) is 16.8 Å². The Morgan fingerprint density at radius 1 is 1.15 bits per heavy atom. The molecule has 0 spiro atoms. The number of nitriles is 1. The third kappa shape index (κ3) is 4.18. The Hall–Kier alpha value is -2.70. The zero-order valence-corrected chi connectivity index (χ0v) is 15.8. The average Bonchev–Trinajstić information content (AvgIpc) is 3.03. The largest absolute Gasteiger partial charge is 0.322 e. The predicted octanol–water partition coefficient (Wildman–Crippen LogP) is 1.77. The van der Waals surface area contributed by atoms with Crippen LogP contribution in [0.1, 0.15) is 22.3 Å². The number of rotatable bonds is 4. The zero-order chi connectivity index (χ0) is 19.7. The molecule has 3 rings (SSSR count). The van der Waals surface area contributed by atoms with Crippen LogP contribution in [0.25, 0.3) is 0 Å². The van der Waals surface area contributed by atoms with E-state index in [1.807, 2.05) is 6.07 Å². The summed E-state index contributed by atoms with van der Waals surface area (Å²) in [5.74, 6) is -1.04. The van der Waals surface area contributed by atoms with Gasteiger partial charge in [-0.3, -0.25) is 4.79 Å². The first kappa shape index (κ1) is 19.1. The molecule has 2 aromatic rings. The third-order valence-corrected chi connectivity index (χ3v) is 8.50. The fourth-order valence-electron chi connectivity index (χ4n) is 2.84. The van der Waals surface area contributed by atoms with Gasteiger partial charge in [0, 0.05) is 11.3 Å². The van der Waals surface area contributed by atoms with Crippen LogP contribution in [0.3, 0.4) is 0 Å². The topological polar surface area (TPSA) is 121 Å². The molecule has 1 amide bonds. The Labute approximate surface area is 157 Å². The summed E-state index contributed by atoms with van der Waals surface area (Å²) in [5.41, 5.74) is 1.06. The molecule has 9 heteroatoms. The number of hydrogen-bond acceptors (Lipinski definition) is 6. The minimum absolute atomic E-state index is 0.0618. The Morgan fingerprint density at radius 3 is 2.44 bits per heavy atom. The van der Waals surface area contributed by atoms with Crippen LogP contribution in [0.4, 0.5) is 5.69 Å². The van der Waals surface area contributed by atoms with Gasteiger partial charge < -0.3 is 5.32 Å². The predicted molar refractivity (Wildman–Crippen MR) is 99.8 cm³/mol. The van der Waals surface area contributed by atoms with Crippen LogP contribution in [0, 0.1) is 11.3 Å². The van der Waals surface area contributed by atoms with Gasteiger partial charge in [0.1, 0.15) is 0 Å². The molecule has 0 bridgehead atoms. The molecule has 7 nitrogen and oxygen atoms in total. The lowest BCUT2D eigenvalue weighted by atomic mass is 10.2. The number of sulfone groups is 2. The Bertz CT molecular complexity index is 1130. The SMILES string of the molecule is N#Cc1ccc(NC(=O)c2cccc(S(=O)(=O)[C@H]3CCS(=O)(=O)C3)c2)cc1. The maximum absolute atomic E-state index is 12.7. The monoisotopic (exact) mass is 404 g/mol. The minimum Gasteiger partial charge on any atom is -0.322 e. The average molecular weight is 404 g/mol. The van der Waals surface area contributed by atoms with Gasteiger partial charge in [0.25, 0.3) is 5.91 Å². The second kappa shape index (κ2) is 7.13. The summed E-state index contributed by atoms with van der Waals surface area (Å²) in [7, 11) is -7.18. The summed E-state index contributed by atoms with van der Waals surface area (Å²) < 4.78 is 48.6. The highest BCUT2D eigenvalue weighted by atomic mass is 32.2. The molecule has 1 atom stereocenters. The van der Waals surface area contributed by atoms with Crippen molar-refractivity contribution in [2.45, 2.75) is 16.6 Å². The van der Waals surface area contributed by atoms with Crippen LogP contribution in [-0.2, 0) is 19.7 Å². The van der Waals surface area contributed by atoms with Crippen molar-refractivity contribution >= 4 is 31.3 Å². The number of amides is 1.